The van der Waals surface area contributed by atoms with Gasteiger partial charge in [-0.3, -0.25) is 14.5 Å². The summed E-state index contributed by atoms with van der Waals surface area (Å²) in [5.41, 5.74) is 1.76. The fourth-order valence-corrected chi connectivity index (χ4v) is 4.45. The van der Waals surface area contributed by atoms with Crippen molar-refractivity contribution >= 4 is 40.5 Å². The van der Waals surface area contributed by atoms with Crippen LogP contribution >= 0.6 is 12.2 Å². The molecule has 0 unspecified atom stereocenters. The van der Waals surface area contributed by atoms with E-state index in [1.54, 1.807) is 59.5 Å². The van der Waals surface area contributed by atoms with Gasteiger partial charge in [-0.25, -0.2) is 4.39 Å². The summed E-state index contributed by atoms with van der Waals surface area (Å²) in [5.74, 6) is -0.203. The predicted molar refractivity (Wildman–Crippen MR) is 138 cm³/mol. The van der Waals surface area contributed by atoms with Gasteiger partial charge in [0.2, 0.25) is 5.91 Å². The Bertz CT molecular complexity index is 1200. The second kappa shape index (κ2) is 11.1. The molecular weight excluding hydrogens is 465 g/mol. The van der Waals surface area contributed by atoms with Crippen molar-refractivity contribution in [3.63, 3.8) is 0 Å². The molecule has 3 aromatic carbocycles. The number of carbonyl (C=O) groups excluding carboxylic acids is 2. The van der Waals surface area contributed by atoms with Crippen LogP contribution in [0.3, 0.4) is 0 Å². The van der Waals surface area contributed by atoms with Gasteiger partial charge in [-0.2, -0.15) is 0 Å². The highest BCUT2D eigenvalue weighted by Gasteiger charge is 2.43. The fourth-order valence-electron chi connectivity index (χ4n) is 4.03. The van der Waals surface area contributed by atoms with Crippen LogP contribution in [0.4, 0.5) is 15.8 Å². The molecule has 1 atom stereocenters. The largest absolute Gasteiger partial charge is 0.494 e. The molecule has 0 saturated carbocycles. The van der Waals surface area contributed by atoms with Crippen molar-refractivity contribution < 1.29 is 18.7 Å². The molecule has 1 saturated heterocycles. The Labute approximate surface area is 209 Å². The van der Waals surface area contributed by atoms with E-state index in [1.165, 1.54) is 11.0 Å². The molecule has 8 heteroatoms. The lowest BCUT2D eigenvalue weighted by atomic mass is 10.1. The zero-order valence-corrected chi connectivity index (χ0v) is 20.1. The first-order valence-corrected chi connectivity index (χ1v) is 11.8. The molecule has 2 amide bonds. The maximum atomic E-state index is 14.2. The number of nitrogens with zero attached hydrogens (tertiary/aromatic N) is 2. The lowest BCUT2D eigenvalue weighted by Gasteiger charge is -2.24. The molecule has 180 valence electrons. The second-order valence-corrected chi connectivity index (χ2v) is 8.42. The van der Waals surface area contributed by atoms with E-state index in [0.717, 1.165) is 0 Å². The van der Waals surface area contributed by atoms with E-state index in [1.807, 2.05) is 25.1 Å². The minimum Gasteiger partial charge on any atom is -0.494 e. The SMILES string of the molecule is CCOc1ccc(NC(=O)C[C@@H]2C(=O)N(c3ccccc3)C(=S)N2CCc2ccccc2F)cc1. The van der Waals surface area contributed by atoms with Gasteiger partial charge in [0, 0.05) is 12.2 Å². The first-order valence-electron chi connectivity index (χ1n) is 11.4. The summed E-state index contributed by atoms with van der Waals surface area (Å²) in [7, 11) is 0. The van der Waals surface area contributed by atoms with E-state index >= 15 is 0 Å². The summed E-state index contributed by atoms with van der Waals surface area (Å²) in [6, 6.07) is 21.8. The number of thiocarbonyl (C=S) groups is 1. The number of ether oxygens (including phenoxy) is 1. The van der Waals surface area contributed by atoms with Gasteiger partial charge >= 0.3 is 0 Å². The van der Waals surface area contributed by atoms with E-state index < -0.39 is 6.04 Å². The van der Waals surface area contributed by atoms with Crippen molar-refractivity contribution in [3.8, 4) is 5.75 Å². The van der Waals surface area contributed by atoms with Crippen molar-refractivity contribution in [3.05, 3.63) is 90.2 Å². The van der Waals surface area contributed by atoms with Crippen LogP contribution in [0.1, 0.15) is 18.9 Å². The van der Waals surface area contributed by atoms with Crippen LogP contribution in [-0.4, -0.2) is 41.0 Å². The second-order valence-electron chi connectivity index (χ2n) is 8.05. The third-order valence-electron chi connectivity index (χ3n) is 5.74. The van der Waals surface area contributed by atoms with Crippen molar-refractivity contribution in [2.45, 2.75) is 25.8 Å². The van der Waals surface area contributed by atoms with Crippen molar-refractivity contribution in [2.75, 3.05) is 23.4 Å². The number of halogens is 1. The number of carbonyl (C=O) groups is 2. The molecule has 0 aromatic heterocycles. The molecular formula is C27H26FN3O3S. The fraction of sp³-hybridized carbons (Fsp3) is 0.222. The molecule has 3 aromatic rings. The predicted octanol–water partition coefficient (Wildman–Crippen LogP) is 4.80. The van der Waals surface area contributed by atoms with Gasteiger partial charge < -0.3 is 15.0 Å². The Hall–Kier alpha value is -3.78. The molecule has 0 spiro atoms. The Morgan fingerprint density at radius 2 is 1.71 bits per heavy atom. The molecule has 0 aliphatic carbocycles. The van der Waals surface area contributed by atoms with Gasteiger partial charge in [-0.05, 0) is 73.6 Å². The number of amides is 2. The van der Waals surface area contributed by atoms with Crippen LogP contribution in [-0.2, 0) is 16.0 Å². The third-order valence-corrected chi connectivity index (χ3v) is 6.16. The van der Waals surface area contributed by atoms with Crippen molar-refractivity contribution in [1.82, 2.24) is 4.90 Å². The van der Waals surface area contributed by atoms with Gasteiger partial charge in [0.25, 0.3) is 5.91 Å². The first kappa shape index (κ1) is 24.3. The molecule has 0 radical (unpaired) electrons. The highest BCUT2D eigenvalue weighted by molar-refractivity contribution is 7.80. The van der Waals surface area contributed by atoms with Crippen LogP contribution in [0.2, 0.25) is 0 Å². The minimum absolute atomic E-state index is 0.0905. The van der Waals surface area contributed by atoms with Gasteiger partial charge in [0.05, 0.1) is 18.7 Å². The zero-order valence-electron chi connectivity index (χ0n) is 19.3. The molecule has 1 fully saturated rings. The van der Waals surface area contributed by atoms with Gasteiger partial charge in [-0.1, -0.05) is 36.4 Å². The average Bonchev–Trinajstić information content (AvgIpc) is 3.09. The number of para-hydroxylation sites is 1. The van der Waals surface area contributed by atoms with E-state index in [9.17, 15) is 14.0 Å². The van der Waals surface area contributed by atoms with Gasteiger partial charge in [-0.15, -0.1) is 0 Å². The molecule has 6 nitrogen and oxygen atoms in total. The monoisotopic (exact) mass is 491 g/mol. The first-order chi connectivity index (χ1) is 17.0. The smallest absolute Gasteiger partial charge is 0.256 e. The summed E-state index contributed by atoms with van der Waals surface area (Å²) in [4.78, 5) is 29.5. The number of anilines is 2. The summed E-state index contributed by atoms with van der Waals surface area (Å²) in [6.45, 7) is 2.75. The number of rotatable bonds is 9. The lowest BCUT2D eigenvalue weighted by molar-refractivity contribution is -0.124. The summed E-state index contributed by atoms with van der Waals surface area (Å²) >= 11 is 5.66. The number of hydrogen-bond donors (Lipinski definition) is 1. The Morgan fingerprint density at radius 3 is 2.40 bits per heavy atom. The molecule has 1 heterocycles. The Kier molecular flexibility index (Phi) is 7.72. The van der Waals surface area contributed by atoms with E-state index in [0.29, 0.717) is 47.4 Å². The highest BCUT2D eigenvalue weighted by atomic mass is 32.1. The maximum Gasteiger partial charge on any atom is 0.256 e. The Balaban J connectivity index is 1.52. The average molecular weight is 492 g/mol. The quantitative estimate of drug-likeness (QED) is 0.436. The number of nitrogens with one attached hydrogen (secondary N) is 1. The molecule has 4 rings (SSSR count). The van der Waals surface area contributed by atoms with E-state index in [-0.39, 0.29) is 24.1 Å². The lowest BCUT2D eigenvalue weighted by Crippen LogP contribution is -2.39. The van der Waals surface area contributed by atoms with Crippen LogP contribution in [0.5, 0.6) is 5.75 Å². The maximum absolute atomic E-state index is 14.2. The Morgan fingerprint density at radius 1 is 1.03 bits per heavy atom. The normalized spacial score (nSPS) is 15.4. The van der Waals surface area contributed by atoms with Crippen molar-refractivity contribution in [2.24, 2.45) is 0 Å². The summed E-state index contributed by atoms with van der Waals surface area (Å²) in [6.07, 6.45) is 0.256. The van der Waals surface area contributed by atoms with Crippen LogP contribution < -0.4 is 15.0 Å². The summed E-state index contributed by atoms with van der Waals surface area (Å²) in [5, 5.41) is 3.14. The van der Waals surface area contributed by atoms with Gasteiger partial charge in [0.1, 0.15) is 17.6 Å². The van der Waals surface area contributed by atoms with Crippen LogP contribution in [0.25, 0.3) is 0 Å². The van der Waals surface area contributed by atoms with E-state index in [2.05, 4.69) is 5.32 Å². The molecule has 35 heavy (non-hydrogen) atoms. The molecule has 0 bridgehead atoms. The molecule has 1 N–H and O–H groups in total. The topological polar surface area (TPSA) is 61.9 Å². The van der Waals surface area contributed by atoms with Gasteiger partial charge in [0.15, 0.2) is 5.11 Å². The zero-order chi connectivity index (χ0) is 24.8. The standard InChI is InChI=1S/C27H26FN3O3S/c1-2-34-22-14-12-20(13-15-22)29-25(32)18-24-26(33)31(21-9-4-3-5-10-21)27(35)30(24)17-16-19-8-6-7-11-23(19)28/h3-15,24H,2,16-18H2,1H3,(H,29,32)/t24-/m1/s1. The highest BCUT2D eigenvalue weighted by Crippen LogP contribution is 2.28. The molecule has 1 aliphatic rings. The number of benzene rings is 3. The summed E-state index contributed by atoms with van der Waals surface area (Å²) < 4.78 is 19.6. The minimum atomic E-state index is -0.794. The third kappa shape index (κ3) is 5.66. The molecule has 1 aliphatic heterocycles. The van der Waals surface area contributed by atoms with Crippen LogP contribution in [0, 0.1) is 5.82 Å². The van der Waals surface area contributed by atoms with Crippen molar-refractivity contribution in [1.29, 1.82) is 0 Å². The van der Waals surface area contributed by atoms with Crippen LogP contribution in [0.15, 0.2) is 78.9 Å². The number of hydrogen-bond acceptors (Lipinski definition) is 4. The van der Waals surface area contributed by atoms with E-state index in [4.69, 9.17) is 17.0 Å².